The minimum atomic E-state index is -0.778. The zero-order valence-corrected chi connectivity index (χ0v) is 18.3. The molecule has 3 heterocycles. The highest BCUT2D eigenvalue weighted by Gasteiger charge is 2.24. The largest absolute Gasteiger partial charge is 0.462 e. The molecule has 0 fully saturated rings. The van der Waals surface area contributed by atoms with Gasteiger partial charge in [-0.15, -0.1) is 0 Å². The van der Waals surface area contributed by atoms with Crippen LogP contribution < -0.4 is 11.2 Å². The monoisotopic (exact) mass is 445 g/mol. The van der Waals surface area contributed by atoms with Crippen LogP contribution in [-0.4, -0.2) is 54.6 Å². The van der Waals surface area contributed by atoms with Crippen molar-refractivity contribution in [2.45, 2.75) is 27.3 Å². The molecule has 0 aliphatic carbocycles. The predicted molar refractivity (Wildman–Crippen MR) is 112 cm³/mol. The quantitative estimate of drug-likeness (QED) is 0.394. The van der Waals surface area contributed by atoms with Gasteiger partial charge >= 0.3 is 17.6 Å². The second kappa shape index (κ2) is 8.65. The zero-order chi connectivity index (χ0) is 23.7. The van der Waals surface area contributed by atoms with Crippen LogP contribution in [0, 0.1) is 13.8 Å². The molecule has 32 heavy (non-hydrogen) atoms. The Bertz CT molecular complexity index is 1360. The molecule has 0 saturated carbocycles. The van der Waals surface area contributed by atoms with Crippen LogP contribution >= 0.6 is 0 Å². The van der Waals surface area contributed by atoms with Gasteiger partial charge in [-0.25, -0.2) is 14.6 Å². The predicted octanol–water partition coefficient (Wildman–Crippen LogP) is -0.0186. The lowest BCUT2D eigenvalue weighted by atomic mass is 10.1. The van der Waals surface area contributed by atoms with Gasteiger partial charge in [0.25, 0.3) is 5.56 Å². The first kappa shape index (κ1) is 22.7. The Hall–Kier alpha value is -3.96. The fourth-order valence-corrected chi connectivity index (χ4v) is 3.46. The lowest BCUT2D eigenvalue weighted by Crippen LogP contribution is -2.37. The molecule has 12 heteroatoms. The van der Waals surface area contributed by atoms with Gasteiger partial charge in [-0.2, -0.15) is 0 Å². The molecular formula is C20H23N5O7. The first-order valence-electron chi connectivity index (χ1n) is 9.74. The molecule has 0 radical (unpaired) electrons. The van der Waals surface area contributed by atoms with Crippen molar-refractivity contribution >= 4 is 28.9 Å². The fraction of sp³-hybridized carbons (Fsp3) is 0.400. The van der Waals surface area contributed by atoms with Gasteiger partial charge < -0.3 is 19.0 Å². The maximum atomic E-state index is 12.5. The van der Waals surface area contributed by atoms with Crippen molar-refractivity contribution < 1.29 is 23.9 Å². The van der Waals surface area contributed by atoms with Crippen LogP contribution in [0.15, 0.2) is 15.9 Å². The summed E-state index contributed by atoms with van der Waals surface area (Å²) >= 11 is 0. The third-order valence-corrected chi connectivity index (χ3v) is 5.08. The van der Waals surface area contributed by atoms with E-state index in [-0.39, 0.29) is 35.6 Å². The number of aromatic nitrogens is 5. The van der Waals surface area contributed by atoms with Gasteiger partial charge in [0.2, 0.25) is 5.78 Å². The number of carbonyl (C=O) groups excluding carboxylic acids is 3. The highest BCUT2D eigenvalue weighted by molar-refractivity contribution is 6.02. The Morgan fingerprint density at radius 3 is 2.44 bits per heavy atom. The van der Waals surface area contributed by atoms with Gasteiger partial charge in [0.1, 0.15) is 6.54 Å². The number of ether oxygens (including phenoxy) is 2. The molecular weight excluding hydrogens is 422 g/mol. The summed E-state index contributed by atoms with van der Waals surface area (Å²) in [5.41, 5.74) is 0.351. The van der Waals surface area contributed by atoms with Gasteiger partial charge in [-0.3, -0.25) is 23.5 Å². The van der Waals surface area contributed by atoms with Crippen LogP contribution in [0.3, 0.4) is 0 Å². The number of hydrogen-bond donors (Lipinski definition) is 1. The molecule has 3 aromatic rings. The molecule has 0 bridgehead atoms. The van der Waals surface area contributed by atoms with E-state index in [2.05, 4.69) is 9.97 Å². The smallest absolute Gasteiger partial charge is 0.340 e. The molecule has 0 amide bonds. The second-order valence-electron chi connectivity index (χ2n) is 7.18. The van der Waals surface area contributed by atoms with Crippen LogP contribution in [0.2, 0.25) is 0 Å². The number of ketones is 1. The third-order valence-electron chi connectivity index (χ3n) is 5.08. The molecule has 0 aliphatic rings. The van der Waals surface area contributed by atoms with E-state index in [1.165, 1.54) is 29.6 Å². The van der Waals surface area contributed by atoms with Crippen molar-refractivity contribution in [3.63, 3.8) is 0 Å². The number of rotatable bonds is 7. The van der Waals surface area contributed by atoms with Crippen molar-refractivity contribution in [2.24, 2.45) is 14.1 Å². The van der Waals surface area contributed by atoms with Crippen LogP contribution in [0.25, 0.3) is 11.2 Å². The Balaban J connectivity index is 1.75. The first-order valence-corrected chi connectivity index (χ1v) is 9.74. The number of Topliss-reactive ketones (excluding diaryl/α,β-unsaturated/α-hetero) is 1. The average Bonchev–Trinajstić information content (AvgIpc) is 3.29. The molecule has 0 aromatic carbocycles. The molecule has 0 saturated heterocycles. The number of fused-ring (bicyclic) bond motifs is 1. The van der Waals surface area contributed by atoms with E-state index in [1.807, 2.05) is 0 Å². The highest BCUT2D eigenvalue weighted by atomic mass is 16.5. The minimum absolute atomic E-state index is 0.0628. The lowest BCUT2D eigenvalue weighted by Gasteiger charge is -2.07. The van der Waals surface area contributed by atoms with Crippen molar-refractivity contribution in [3.8, 4) is 0 Å². The SMILES string of the molecule is CCOC(=O)c1c(C)[nH]c(C(=O)COC(=O)Cn2cnc3c2c(=O)n(C)c(=O)n3C)c1C. The average molecular weight is 445 g/mol. The summed E-state index contributed by atoms with van der Waals surface area (Å²) in [6.07, 6.45) is 1.25. The summed E-state index contributed by atoms with van der Waals surface area (Å²) in [5.74, 6) is -1.85. The Labute approximate surface area is 181 Å². The summed E-state index contributed by atoms with van der Waals surface area (Å²) in [6.45, 7) is 4.17. The molecule has 170 valence electrons. The number of imidazole rings is 1. The standard InChI is InChI=1S/C20H23N5O7/c1-6-31-19(29)14-10(2)15(22-11(14)3)12(26)8-32-13(27)7-25-9-21-17-16(25)18(28)24(5)20(30)23(17)4/h9,22H,6-8H2,1-5H3. The van der Waals surface area contributed by atoms with Gasteiger partial charge in [-0.05, 0) is 26.3 Å². The van der Waals surface area contributed by atoms with E-state index in [1.54, 1.807) is 20.8 Å². The minimum Gasteiger partial charge on any atom is -0.462 e. The van der Waals surface area contributed by atoms with Gasteiger partial charge in [0.15, 0.2) is 17.8 Å². The second-order valence-corrected chi connectivity index (χ2v) is 7.18. The number of esters is 2. The summed E-state index contributed by atoms with van der Waals surface area (Å²) in [5, 5.41) is 0. The van der Waals surface area contributed by atoms with Gasteiger partial charge in [0.05, 0.1) is 24.2 Å². The number of nitrogens with one attached hydrogen (secondary N) is 1. The summed E-state index contributed by atoms with van der Waals surface area (Å²) < 4.78 is 13.4. The molecule has 0 aliphatic heterocycles. The molecule has 1 N–H and O–H groups in total. The van der Waals surface area contributed by atoms with E-state index >= 15 is 0 Å². The highest BCUT2D eigenvalue weighted by Crippen LogP contribution is 2.19. The summed E-state index contributed by atoms with van der Waals surface area (Å²) in [7, 11) is 2.79. The van der Waals surface area contributed by atoms with E-state index < -0.39 is 35.6 Å². The topological polar surface area (TPSA) is 147 Å². The molecule has 0 atom stereocenters. The summed E-state index contributed by atoms with van der Waals surface area (Å²) in [4.78, 5) is 68.2. The van der Waals surface area contributed by atoms with E-state index in [0.29, 0.717) is 11.3 Å². The maximum absolute atomic E-state index is 12.5. The number of aromatic amines is 1. The van der Waals surface area contributed by atoms with Crippen molar-refractivity contribution in [2.75, 3.05) is 13.2 Å². The molecule has 12 nitrogen and oxygen atoms in total. The van der Waals surface area contributed by atoms with Gasteiger partial charge in [-0.1, -0.05) is 0 Å². The Morgan fingerprint density at radius 1 is 1.09 bits per heavy atom. The fourth-order valence-electron chi connectivity index (χ4n) is 3.46. The lowest BCUT2D eigenvalue weighted by molar-refractivity contribution is -0.143. The number of carbonyl (C=O) groups is 3. The number of H-pyrrole nitrogens is 1. The maximum Gasteiger partial charge on any atom is 0.340 e. The van der Waals surface area contributed by atoms with E-state index in [9.17, 15) is 24.0 Å². The van der Waals surface area contributed by atoms with E-state index in [0.717, 1.165) is 4.57 Å². The van der Waals surface area contributed by atoms with E-state index in [4.69, 9.17) is 9.47 Å². The van der Waals surface area contributed by atoms with Crippen molar-refractivity contribution in [3.05, 3.63) is 49.7 Å². The Morgan fingerprint density at radius 2 is 1.78 bits per heavy atom. The van der Waals surface area contributed by atoms with Gasteiger partial charge in [0, 0.05) is 19.8 Å². The number of aryl methyl sites for hydroxylation is 2. The number of hydrogen-bond acceptors (Lipinski definition) is 8. The normalized spacial score (nSPS) is 11.0. The van der Waals surface area contributed by atoms with Crippen LogP contribution in [0.1, 0.15) is 39.0 Å². The van der Waals surface area contributed by atoms with Crippen molar-refractivity contribution in [1.82, 2.24) is 23.7 Å². The first-order chi connectivity index (χ1) is 15.1. The summed E-state index contributed by atoms with van der Waals surface area (Å²) in [6, 6.07) is 0. The van der Waals surface area contributed by atoms with Crippen LogP contribution in [-0.2, 0) is 34.9 Å². The Kier molecular flexibility index (Phi) is 6.14. The third kappa shape index (κ3) is 3.86. The molecule has 0 spiro atoms. The molecule has 0 unspecified atom stereocenters. The molecule has 3 aromatic heterocycles. The zero-order valence-electron chi connectivity index (χ0n) is 18.3. The van der Waals surface area contributed by atoms with Crippen LogP contribution in [0.5, 0.6) is 0 Å². The van der Waals surface area contributed by atoms with Crippen LogP contribution in [0.4, 0.5) is 0 Å². The van der Waals surface area contributed by atoms with Crippen molar-refractivity contribution in [1.29, 1.82) is 0 Å². The molecule has 3 rings (SSSR count). The number of nitrogens with zero attached hydrogens (tertiary/aromatic N) is 4.